The molecule has 0 bridgehead atoms. The summed E-state index contributed by atoms with van der Waals surface area (Å²) in [6.45, 7) is 2.88. The molecule has 1 heterocycles. The van der Waals surface area contributed by atoms with E-state index in [1.165, 1.54) is 26.0 Å². The molecule has 16 heavy (non-hydrogen) atoms. The second-order valence-corrected chi connectivity index (χ2v) is 6.49. The standard InChI is InChI=1S/C11H11ClO3S/c1-11(2,13)9-6-7-4-3-5-8(12)10(7)16(9,14)15/h3-6,13H,1-2H3. The monoisotopic (exact) mass is 258 g/mol. The zero-order chi connectivity index (χ0) is 12.1. The van der Waals surface area contributed by atoms with E-state index in [1.807, 2.05) is 0 Å². The van der Waals surface area contributed by atoms with Gasteiger partial charge in [-0.3, -0.25) is 0 Å². The highest BCUT2D eigenvalue weighted by Crippen LogP contribution is 2.41. The van der Waals surface area contributed by atoms with Crippen molar-refractivity contribution in [2.75, 3.05) is 0 Å². The molecule has 0 atom stereocenters. The molecule has 2 rings (SSSR count). The van der Waals surface area contributed by atoms with Gasteiger partial charge >= 0.3 is 0 Å². The van der Waals surface area contributed by atoms with E-state index in [0.29, 0.717) is 5.56 Å². The molecule has 0 saturated heterocycles. The largest absolute Gasteiger partial charge is 0.385 e. The van der Waals surface area contributed by atoms with Gasteiger partial charge in [0, 0.05) is 0 Å². The van der Waals surface area contributed by atoms with Crippen LogP contribution in [-0.2, 0) is 9.84 Å². The summed E-state index contributed by atoms with van der Waals surface area (Å²) in [5.74, 6) is 0. The van der Waals surface area contributed by atoms with E-state index < -0.39 is 15.4 Å². The first-order valence-corrected chi connectivity index (χ1v) is 6.59. The van der Waals surface area contributed by atoms with E-state index in [4.69, 9.17) is 11.6 Å². The fourth-order valence-corrected chi connectivity index (χ4v) is 4.17. The number of rotatable bonds is 1. The molecular weight excluding hydrogens is 248 g/mol. The number of hydrogen-bond donors (Lipinski definition) is 1. The lowest BCUT2D eigenvalue weighted by Crippen LogP contribution is -2.25. The van der Waals surface area contributed by atoms with Gasteiger partial charge in [-0.05, 0) is 31.6 Å². The molecule has 1 aromatic carbocycles. The first kappa shape index (κ1) is 11.6. The molecule has 1 N–H and O–H groups in total. The lowest BCUT2D eigenvalue weighted by atomic mass is 10.1. The number of benzene rings is 1. The minimum atomic E-state index is -3.66. The van der Waals surface area contributed by atoms with Crippen LogP contribution in [0.15, 0.2) is 28.0 Å². The van der Waals surface area contributed by atoms with E-state index in [-0.39, 0.29) is 14.8 Å². The van der Waals surface area contributed by atoms with Crippen molar-refractivity contribution in [1.82, 2.24) is 0 Å². The van der Waals surface area contributed by atoms with Crippen molar-refractivity contribution in [2.45, 2.75) is 24.3 Å². The van der Waals surface area contributed by atoms with Crippen LogP contribution in [0, 0.1) is 0 Å². The lowest BCUT2D eigenvalue weighted by Gasteiger charge is -2.18. The molecule has 1 aliphatic heterocycles. The molecule has 1 aromatic rings. The number of fused-ring (bicyclic) bond motifs is 1. The maximum atomic E-state index is 12.1. The van der Waals surface area contributed by atoms with E-state index in [1.54, 1.807) is 12.1 Å². The summed E-state index contributed by atoms with van der Waals surface area (Å²) in [4.78, 5) is 0.0805. The smallest absolute Gasteiger partial charge is 0.207 e. The van der Waals surface area contributed by atoms with Crippen LogP contribution in [-0.4, -0.2) is 19.1 Å². The Kier molecular flexibility index (Phi) is 2.42. The Bertz CT molecular complexity index is 580. The third-order valence-corrected chi connectivity index (χ3v) is 5.06. The number of halogens is 1. The van der Waals surface area contributed by atoms with Gasteiger partial charge in [0.15, 0.2) is 0 Å². The second kappa shape index (κ2) is 3.32. The Morgan fingerprint density at radius 1 is 1.31 bits per heavy atom. The molecule has 0 radical (unpaired) electrons. The lowest BCUT2D eigenvalue weighted by molar-refractivity contribution is 0.129. The zero-order valence-corrected chi connectivity index (χ0v) is 10.4. The van der Waals surface area contributed by atoms with Gasteiger partial charge in [-0.2, -0.15) is 0 Å². The predicted molar refractivity (Wildman–Crippen MR) is 62.9 cm³/mol. The van der Waals surface area contributed by atoms with Crippen LogP contribution in [0.3, 0.4) is 0 Å². The van der Waals surface area contributed by atoms with Crippen LogP contribution in [0.25, 0.3) is 6.08 Å². The van der Waals surface area contributed by atoms with Crippen LogP contribution in [0.4, 0.5) is 0 Å². The van der Waals surface area contributed by atoms with Crippen LogP contribution >= 0.6 is 11.6 Å². The Balaban J connectivity index is 2.76. The van der Waals surface area contributed by atoms with Crippen molar-refractivity contribution >= 4 is 27.5 Å². The van der Waals surface area contributed by atoms with Gasteiger partial charge in [0.05, 0.1) is 20.4 Å². The SMILES string of the molecule is CC(C)(O)C1=Cc2cccc(Cl)c2S1(=O)=O. The Morgan fingerprint density at radius 2 is 1.94 bits per heavy atom. The van der Waals surface area contributed by atoms with Crippen molar-refractivity contribution in [3.05, 3.63) is 33.7 Å². The zero-order valence-electron chi connectivity index (χ0n) is 8.86. The summed E-state index contributed by atoms with van der Waals surface area (Å²) in [6.07, 6.45) is 1.47. The molecular formula is C11H11ClO3S. The van der Waals surface area contributed by atoms with E-state index in [9.17, 15) is 13.5 Å². The average Bonchev–Trinajstić information content (AvgIpc) is 2.38. The second-order valence-electron chi connectivity index (χ2n) is 4.23. The van der Waals surface area contributed by atoms with Gasteiger partial charge in [-0.1, -0.05) is 23.7 Å². The van der Waals surface area contributed by atoms with Crippen LogP contribution in [0.2, 0.25) is 5.02 Å². The van der Waals surface area contributed by atoms with E-state index in [2.05, 4.69) is 0 Å². The minimum Gasteiger partial charge on any atom is -0.385 e. The summed E-state index contributed by atoms with van der Waals surface area (Å²) >= 11 is 5.88. The highest BCUT2D eigenvalue weighted by atomic mass is 35.5. The fraction of sp³-hybridized carbons (Fsp3) is 0.273. The normalized spacial score (nSPS) is 18.1. The summed E-state index contributed by atoms with van der Waals surface area (Å²) < 4.78 is 24.3. The maximum absolute atomic E-state index is 12.1. The van der Waals surface area contributed by atoms with Crippen LogP contribution < -0.4 is 0 Å². The van der Waals surface area contributed by atoms with Gasteiger partial charge in [-0.25, -0.2) is 8.42 Å². The Hall–Kier alpha value is -0.840. The third-order valence-electron chi connectivity index (χ3n) is 2.45. The molecule has 0 unspecified atom stereocenters. The first-order chi connectivity index (χ1) is 7.24. The summed E-state index contributed by atoms with van der Waals surface area (Å²) in [5, 5.41) is 10.0. The molecule has 0 saturated carbocycles. The van der Waals surface area contributed by atoms with Crippen molar-refractivity contribution in [1.29, 1.82) is 0 Å². The van der Waals surface area contributed by atoms with Crippen molar-refractivity contribution in [2.24, 2.45) is 0 Å². The molecule has 0 spiro atoms. The van der Waals surface area contributed by atoms with Crippen molar-refractivity contribution < 1.29 is 13.5 Å². The Morgan fingerprint density at radius 3 is 2.44 bits per heavy atom. The first-order valence-electron chi connectivity index (χ1n) is 4.73. The highest BCUT2D eigenvalue weighted by molar-refractivity contribution is 7.96. The molecule has 5 heteroatoms. The van der Waals surface area contributed by atoms with Crippen molar-refractivity contribution in [3.8, 4) is 0 Å². The third kappa shape index (κ3) is 1.57. The molecule has 0 amide bonds. The number of sulfone groups is 1. The van der Waals surface area contributed by atoms with Gasteiger partial charge < -0.3 is 5.11 Å². The minimum absolute atomic E-state index is 0.0110. The molecule has 0 aliphatic carbocycles. The Labute approximate surface area is 99.3 Å². The van der Waals surface area contributed by atoms with Gasteiger partial charge in [0.2, 0.25) is 9.84 Å². The maximum Gasteiger partial charge on any atom is 0.207 e. The van der Waals surface area contributed by atoms with Gasteiger partial charge in [-0.15, -0.1) is 0 Å². The summed E-state index contributed by atoms with van der Waals surface area (Å²) in [5.41, 5.74) is -0.870. The quantitative estimate of drug-likeness (QED) is 0.841. The molecule has 3 nitrogen and oxygen atoms in total. The van der Waals surface area contributed by atoms with E-state index >= 15 is 0 Å². The molecule has 86 valence electrons. The van der Waals surface area contributed by atoms with Crippen LogP contribution in [0.5, 0.6) is 0 Å². The summed E-state index contributed by atoms with van der Waals surface area (Å²) in [6, 6.07) is 4.87. The van der Waals surface area contributed by atoms with Gasteiger partial charge in [0.1, 0.15) is 0 Å². The molecule has 1 aliphatic rings. The van der Waals surface area contributed by atoms with Gasteiger partial charge in [0.25, 0.3) is 0 Å². The highest BCUT2D eigenvalue weighted by Gasteiger charge is 2.39. The predicted octanol–water partition coefficient (Wildman–Crippen LogP) is 2.24. The van der Waals surface area contributed by atoms with E-state index in [0.717, 1.165) is 0 Å². The topological polar surface area (TPSA) is 54.4 Å². The van der Waals surface area contributed by atoms with Crippen LogP contribution in [0.1, 0.15) is 19.4 Å². The fourth-order valence-electron chi connectivity index (χ4n) is 1.76. The molecule has 0 fully saturated rings. The average molecular weight is 259 g/mol. The number of hydrogen-bond acceptors (Lipinski definition) is 3. The van der Waals surface area contributed by atoms with Crippen molar-refractivity contribution in [3.63, 3.8) is 0 Å². The summed E-state index contributed by atoms with van der Waals surface area (Å²) in [7, 11) is -3.66. The number of aliphatic hydroxyl groups is 1. The molecule has 0 aromatic heterocycles.